The number of benzene rings is 1. The zero-order valence-electron chi connectivity index (χ0n) is 15.7. The second kappa shape index (κ2) is 9.70. The molecule has 2 aliphatic heterocycles. The Bertz CT molecular complexity index is 646. The minimum Gasteiger partial charge on any atom is -0.489 e. The molecule has 5 N–H and O–H groups in total. The Morgan fingerprint density at radius 1 is 1.33 bits per heavy atom. The van der Waals surface area contributed by atoms with Crippen LogP contribution in [0.3, 0.4) is 0 Å². The molecule has 2 aliphatic rings. The van der Waals surface area contributed by atoms with Crippen molar-refractivity contribution in [1.29, 1.82) is 0 Å². The van der Waals surface area contributed by atoms with Gasteiger partial charge in [-0.2, -0.15) is 0 Å². The van der Waals surface area contributed by atoms with Gasteiger partial charge >= 0.3 is 6.03 Å². The second-order valence-electron chi connectivity index (χ2n) is 6.97. The van der Waals surface area contributed by atoms with Crippen LogP contribution >= 0.6 is 15.9 Å². The van der Waals surface area contributed by atoms with Gasteiger partial charge in [0.05, 0.1) is 18.5 Å². The molecule has 3 atom stereocenters. The molecular weight excluding hydrogens is 414 g/mol. The Kier molecular flexibility index (Phi) is 7.31. The SMILES string of the molecule is Cc1cc(OC[C@@H]2CNCCO2)c(NC(=O)NC2CNC(C)CN2)cc1Br. The molecule has 27 heavy (non-hydrogen) atoms. The first-order valence-electron chi connectivity index (χ1n) is 9.31. The molecule has 1 aromatic carbocycles. The molecule has 2 heterocycles. The summed E-state index contributed by atoms with van der Waals surface area (Å²) in [6.07, 6.45) is -0.106. The average Bonchev–Trinajstić information content (AvgIpc) is 2.66. The molecule has 0 radical (unpaired) electrons. The van der Waals surface area contributed by atoms with E-state index in [2.05, 4.69) is 49.4 Å². The summed E-state index contributed by atoms with van der Waals surface area (Å²) in [6.45, 7) is 8.31. The first kappa shape index (κ1) is 20.3. The molecule has 0 spiro atoms. The van der Waals surface area contributed by atoms with Gasteiger partial charge in [-0.15, -0.1) is 0 Å². The van der Waals surface area contributed by atoms with E-state index in [1.54, 1.807) is 0 Å². The monoisotopic (exact) mass is 441 g/mol. The van der Waals surface area contributed by atoms with Gasteiger partial charge in [-0.3, -0.25) is 5.32 Å². The number of nitrogens with one attached hydrogen (secondary N) is 5. The minimum atomic E-state index is -0.278. The third kappa shape index (κ3) is 6.05. The van der Waals surface area contributed by atoms with Gasteiger partial charge < -0.3 is 30.7 Å². The smallest absolute Gasteiger partial charge is 0.320 e. The van der Waals surface area contributed by atoms with Crippen molar-refractivity contribution < 1.29 is 14.3 Å². The van der Waals surface area contributed by atoms with E-state index in [-0.39, 0.29) is 18.3 Å². The van der Waals surface area contributed by atoms with Crippen LogP contribution in [0.2, 0.25) is 0 Å². The number of piperazine rings is 1. The van der Waals surface area contributed by atoms with Crippen molar-refractivity contribution in [1.82, 2.24) is 21.3 Å². The van der Waals surface area contributed by atoms with E-state index >= 15 is 0 Å². The molecule has 0 bridgehead atoms. The molecule has 2 amide bonds. The fraction of sp³-hybridized carbons (Fsp3) is 0.611. The van der Waals surface area contributed by atoms with Gasteiger partial charge in [-0.25, -0.2) is 4.79 Å². The predicted octanol–water partition coefficient (Wildman–Crippen LogP) is 1.15. The standard InChI is InChI=1S/C18H28BrN5O3/c1-11-5-16(27-10-13-8-20-3-4-26-13)15(6-14(11)19)23-18(25)24-17-9-21-12(2)7-22-17/h5-6,12-13,17,20-22H,3-4,7-10H2,1-2H3,(H2,23,24,25)/t12?,13-,17?/m0/s1. The maximum Gasteiger partial charge on any atom is 0.320 e. The lowest BCUT2D eigenvalue weighted by Crippen LogP contribution is -2.60. The molecule has 0 saturated carbocycles. The lowest BCUT2D eigenvalue weighted by atomic mass is 10.2. The Balaban J connectivity index is 1.60. The molecule has 0 aromatic heterocycles. The third-order valence-electron chi connectivity index (χ3n) is 4.58. The van der Waals surface area contributed by atoms with Crippen molar-refractivity contribution in [3.8, 4) is 5.75 Å². The van der Waals surface area contributed by atoms with Crippen molar-refractivity contribution in [3.63, 3.8) is 0 Å². The van der Waals surface area contributed by atoms with E-state index in [9.17, 15) is 4.79 Å². The number of hydrogen-bond donors (Lipinski definition) is 5. The van der Waals surface area contributed by atoms with Gasteiger partial charge in [-0.1, -0.05) is 15.9 Å². The van der Waals surface area contributed by atoms with Crippen molar-refractivity contribution in [2.75, 3.05) is 44.7 Å². The number of halogens is 1. The molecule has 9 heteroatoms. The average molecular weight is 442 g/mol. The zero-order valence-corrected chi connectivity index (χ0v) is 17.3. The van der Waals surface area contributed by atoms with Crippen LogP contribution in [0, 0.1) is 6.92 Å². The third-order valence-corrected chi connectivity index (χ3v) is 5.44. The highest BCUT2D eigenvalue weighted by atomic mass is 79.9. The summed E-state index contributed by atoms with van der Waals surface area (Å²) in [5, 5.41) is 15.7. The Morgan fingerprint density at radius 2 is 2.19 bits per heavy atom. The second-order valence-corrected chi connectivity index (χ2v) is 7.83. The Hall–Kier alpha value is -1.39. The summed E-state index contributed by atoms with van der Waals surface area (Å²) in [5.41, 5.74) is 1.65. The van der Waals surface area contributed by atoms with E-state index in [0.717, 1.165) is 29.7 Å². The molecule has 2 fully saturated rings. The summed E-state index contributed by atoms with van der Waals surface area (Å²) in [7, 11) is 0. The largest absolute Gasteiger partial charge is 0.489 e. The van der Waals surface area contributed by atoms with Crippen LogP contribution in [0.25, 0.3) is 0 Å². The van der Waals surface area contributed by atoms with Crippen LogP contribution in [0.4, 0.5) is 10.5 Å². The van der Waals surface area contributed by atoms with Crippen LogP contribution in [0.5, 0.6) is 5.75 Å². The van der Waals surface area contributed by atoms with Crippen molar-refractivity contribution in [2.24, 2.45) is 0 Å². The van der Waals surface area contributed by atoms with Gasteiger partial charge in [0.2, 0.25) is 0 Å². The number of morpholine rings is 1. The van der Waals surface area contributed by atoms with E-state index in [0.29, 0.717) is 37.2 Å². The molecule has 150 valence electrons. The van der Waals surface area contributed by atoms with E-state index in [1.165, 1.54) is 0 Å². The number of anilines is 1. The fourth-order valence-corrected chi connectivity index (χ4v) is 3.33. The van der Waals surface area contributed by atoms with Gasteiger partial charge in [0.15, 0.2) is 0 Å². The van der Waals surface area contributed by atoms with Gasteiger partial charge in [0.25, 0.3) is 0 Å². The molecule has 8 nitrogen and oxygen atoms in total. The predicted molar refractivity (Wildman–Crippen MR) is 108 cm³/mol. The van der Waals surface area contributed by atoms with Crippen LogP contribution in [-0.2, 0) is 4.74 Å². The molecule has 1 aromatic rings. The van der Waals surface area contributed by atoms with Crippen LogP contribution in [-0.4, -0.2) is 63.7 Å². The number of carbonyl (C=O) groups is 1. The highest BCUT2D eigenvalue weighted by Gasteiger charge is 2.20. The summed E-state index contributed by atoms with van der Waals surface area (Å²) >= 11 is 3.52. The summed E-state index contributed by atoms with van der Waals surface area (Å²) < 4.78 is 12.5. The minimum absolute atomic E-state index is 0.00359. The number of hydrogen-bond acceptors (Lipinski definition) is 6. The highest BCUT2D eigenvalue weighted by molar-refractivity contribution is 9.10. The topological polar surface area (TPSA) is 95.7 Å². The van der Waals surface area contributed by atoms with Gasteiger partial charge in [0, 0.05) is 36.7 Å². The summed E-state index contributed by atoms with van der Waals surface area (Å²) in [4.78, 5) is 12.4. The summed E-state index contributed by atoms with van der Waals surface area (Å²) in [6, 6.07) is 3.90. The number of ether oxygens (including phenoxy) is 2. The van der Waals surface area contributed by atoms with Crippen molar-refractivity contribution >= 4 is 27.6 Å². The lowest BCUT2D eigenvalue weighted by Gasteiger charge is -2.29. The Labute approximate surface area is 168 Å². The Morgan fingerprint density at radius 3 is 2.89 bits per heavy atom. The zero-order chi connectivity index (χ0) is 19.2. The number of amides is 2. The molecular formula is C18H28BrN5O3. The van der Waals surface area contributed by atoms with Crippen LogP contribution in [0.15, 0.2) is 16.6 Å². The number of carbonyl (C=O) groups excluding carboxylic acids is 1. The molecule has 2 saturated heterocycles. The van der Waals surface area contributed by atoms with E-state index in [1.807, 2.05) is 19.1 Å². The molecule has 0 aliphatic carbocycles. The maximum atomic E-state index is 12.4. The first-order valence-corrected chi connectivity index (χ1v) is 10.1. The number of rotatable bonds is 5. The van der Waals surface area contributed by atoms with E-state index < -0.39 is 0 Å². The number of aryl methyl sites for hydroxylation is 1. The fourth-order valence-electron chi connectivity index (χ4n) is 2.98. The maximum absolute atomic E-state index is 12.4. The van der Waals surface area contributed by atoms with E-state index in [4.69, 9.17) is 9.47 Å². The van der Waals surface area contributed by atoms with Crippen molar-refractivity contribution in [2.45, 2.75) is 32.2 Å². The number of urea groups is 1. The molecule has 2 unspecified atom stereocenters. The van der Waals surface area contributed by atoms with Gasteiger partial charge in [-0.05, 0) is 31.5 Å². The highest BCUT2D eigenvalue weighted by Crippen LogP contribution is 2.31. The van der Waals surface area contributed by atoms with Gasteiger partial charge in [0.1, 0.15) is 18.5 Å². The quantitative estimate of drug-likeness (QED) is 0.470. The lowest BCUT2D eigenvalue weighted by molar-refractivity contribution is 0.000337. The first-order chi connectivity index (χ1) is 13.0. The normalized spacial score (nSPS) is 25.7. The molecule has 3 rings (SSSR count). The summed E-state index contributed by atoms with van der Waals surface area (Å²) in [5.74, 6) is 0.628. The van der Waals surface area contributed by atoms with Crippen LogP contribution < -0.4 is 31.3 Å². The van der Waals surface area contributed by atoms with Crippen LogP contribution in [0.1, 0.15) is 12.5 Å². The van der Waals surface area contributed by atoms with Crippen molar-refractivity contribution in [3.05, 3.63) is 22.2 Å².